The Morgan fingerprint density at radius 1 is 1.00 bits per heavy atom. The second kappa shape index (κ2) is 9.04. The highest BCUT2D eigenvalue weighted by Gasteiger charge is 2.44. The molecule has 4 rings (SSSR count). The van der Waals surface area contributed by atoms with Gasteiger partial charge in [0.05, 0.1) is 18.7 Å². The molecule has 166 valence electrons. The Labute approximate surface area is 191 Å². The molecular weight excluding hydrogens is 418 g/mol. The van der Waals surface area contributed by atoms with Crippen LogP contribution in [0.1, 0.15) is 22.7 Å². The van der Waals surface area contributed by atoms with Crippen LogP contribution in [0.15, 0.2) is 90.2 Å². The Morgan fingerprint density at radius 2 is 1.70 bits per heavy atom. The monoisotopic (exact) mass is 441 g/mol. The molecule has 2 N–H and O–H groups in total. The van der Waals surface area contributed by atoms with Gasteiger partial charge in [-0.3, -0.25) is 14.5 Å². The lowest BCUT2D eigenvalue weighted by molar-refractivity contribution is -0.117. The number of nitrogens with zero attached hydrogens (tertiary/aromatic N) is 1. The molecule has 1 atom stereocenters. The molecule has 0 saturated heterocycles. The number of phenolic OH excluding ortho intramolecular Hbond substituents is 1. The minimum atomic E-state index is -0.902. The smallest absolute Gasteiger partial charge is 0.294 e. The van der Waals surface area contributed by atoms with E-state index in [2.05, 4.69) is 0 Å². The predicted octanol–water partition coefficient (Wildman–Crippen LogP) is 4.89. The number of ketones is 1. The first-order valence-electron chi connectivity index (χ1n) is 10.4. The third-order valence-corrected chi connectivity index (χ3v) is 5.59. The number of para-hydroxylation sites is 1. The van der Waals surface area contributed by atoms with Gasteiger partial charge >= 0.3 is 0 Å². The highest BCUT2D eigenvalue weighted by molar-refractivity contribution is 6.20. The number of aryl methyl sites for hydroxylation is 1. The number of carbonyl (C=O) groups is 2. The average Bonchev–Trinajstić information content (AvgIpc) is 3.09. The molecule has 0 aliphatic carbocycles. The summed E-state index contributed by atoms with van der Waals surface area (Å²) >= 11 is 0. The maximum Gasteiger partial charge on any atom is 0.294 e. The molecular formula is C27H23NO5. The van der Waals surface area contributed by atoms with Gasteiger partial charge in [-0.1, -0.05) is 60.7 Å². The molecule has 1 unspecified atom stereocenters. The molecule has 1 amide bonds. The van der Waals surface area contributed by atoms with E-state index in [9.17, 15) is 19.8 Å². The van der Waals surface area contributed by atoms with E-state index < -0.39 is 23.5 Å². The summed E-state index contributed by atoms with van der Waals surface area (Å²) in [6.45, 7) is 1.85. The standard InChI is InChI=1S/C27H23NO5/c1-17-8-6-7-11-20(17)28-25(19-13-15-21(29)23(16-19)33-2)24(26(31)27(28)32)22(30)14-12-18-9-4-3-5-10-18/h3-16,25,29,31H,1-2H3/b14-12+. The summed E-state index contributed by atoms with van der Waals surface area (Å²) in [6.07, 6.45) is 2.98. The van der Waals surface area contributed by atoms with Crippen molar-refractivity contribution < 1.29 is 24.5 Å². The molecule has 0 fully saturated rings. The molecule has 6 nitrogen and oxygen atoms in total. The Bertz CT molecular complexity index is 1280. The molecule has 1 heterocycles. The molecule has 0 bridgehead atoms. The van der Waals surface area contributed by atoms with Crippen molar-refractivity contribution in [1.29, 1.82) is 0 Å². The first kappa shape index (κ1) is 21.9. The fraction of sp³-hybridized carbons (Fsp3) is 0.111. The number of benzene rings is 3. The molecule has 3 aromatic rings. The maximum absolute atomic E-state index is 13.3. The summed E-state index contributed by atoms with van der Waals surface area (Å²) in [4.78, 5) is 27.9. The number of rotatable bonds is 6. The van der Waals surface area contributed by atoms with Crippen LogP contribution in [0, 0.1) is 6.92 Å². The van der Waals surface area contributed by atoms with E-state index >= 15 is 0 Å². The Kier molecular flexibility index (Phi) is 6.00. The number of carbonyl (C=O) groups excluding carboxylic acids is 2. The number of phenols is 1. The van der Waals surface area contributed by atoms with Gasteiger partial charge in [0.25, 0.3) is 5.91 Å². The number of aliphatic hydroxyl groups excluding tert-OH is 1. The van der Waals surface area contributed by atoms with Gasteiger partial charge in [-0.15, -0.1) is 0 Å². The van der Waals surface area contributed by atoms with Crippen molar-refractivity contribution in [3.63, 3.8) is 0 Å². The zero-order valence-corrected chi connectivity index (χ0v) is 18.2. The Morgan fingerprint density at radius 3 is 2.39 bits per heavy atom. The molecule has 6 heteroatoms. The fourth-order valence-electron chi connectivity index (χ4n) is 3.94. The molecule has 3 aromatic carbocycles. The van der Waals surface area contributed by atoms with Crippen LogP contribution in [-0.2, 0) is 9.59 Å². The molecule has 33 heavy (non-hydrogen) atoms. The van der Waals surface area contributed by atoms with Crippen LogP contribution < -0.4 is 9.64 Å². The van der Waals surface area contributed by atoms with E-state index in [0.29, 0.717) is 11.3 Å². The van der Waals surface area contributed by atoms with Crippen LogP contribution in [0.5, 0.6) is 11.5 Å². The van der Waals surface area contributed by atoms with Crippen LogP contribution in [-0.4, -0.2) is 29.0 Å². The summed E-state index contributed by atoms with van der Waals surface area (Å²) < 4.78 is 5.23. The van der Waals surface area contributed by atoms with Crippen LogP contribution in [0.2, 0.25) is 0 Å². The largest absolute Gasteiger partial charge is 0.504 e. The number of allylic oxidation sites excluding steroid dienone is 1. The number of ether oxygens (including phenoxy) is 1. The van der Waals surface area contributed by atoms with Gasteiger partial charge in [0.1, 0.15) is 0 Å². The van der Waals surface area contributed by atoms with E-state index in [0.717, 1.165) is 11.1 Å². The van der Waals surface area contributed by atoms with E-state index in [1.807, 2.05) is 49.4 Å². The van der Waals surface area contributed by atoms with Crippen molar-refractivity contribution in [1.82, 2.24) is 0 Å². The zero-order valence-electron chi connectivity index (χ0n) is 18.2. The number of hydrogen-bond donors (Lipinski definition) is 2. The first-order valence-corrected chi connectivity index (χ1v) is 10.4. The van der Waals surface area contributed by atoms with Crippen LogP contribution in [0.25, 0.3) is 6.08 Å². The molecule has 0 radical (unpaired) electrons. The van der Waals surface area contributed by atoms with Crippen molar-refractivity contribution in [2.24, 2.45) is 0 Å². The van der Waals surface area contributed by atoms with Crippen molar-refractivity contribution in [2.45, 2.75) is 13.0 Å². The van der Waals surface area contributed by atoms with Crippen molar-refractivity contribution in [2.75, 3.05) is 12.0 Å². The van der Waals surface area contributed by atoms with E-state index in [1.54, 1.807) is 30.3 Å². The molecule has 1 aliphatic heterocycles. The molecule has 0 saturated carbocycles. The van der Waals surface area contributed by atoms with E-state index in [4.69, 9.17) is 4.74 Å². The number of hydrogen-bond acceptors (Lipinski definition) is 5. The first-order chi connectivity index (χ1) is 15.9. The number of aromatic hydroxyl groups is 1. The lowest BCUT2D eigenvalue weighted by atomic mass is 9.94. The number of methoxy groups -OCH3 is 1. The van der Waals surface area contributed by atoms with E-state index in [-0.39, 0.29) is 17.1 Å². The second-order valence-electron chi connectivity index (χ2n) is 7.67. The van der Waals surface area contributed by atoms with Gasteiger partial charge in [-0.2, -0.15) is 0 Å². The Hall–Kier alpha value is -4.32. The van der Waals surface area contributed by atoms with Crippen LogP contribution in [0.3, 0.4) is 0 Å². The van der Waals surface area contributed by atoms with Gasteiger partial charge in [-0.05, 0) is 47.9 Å². The van der Waals surface area contributed by atoms with Crippen molar-refractivity contribution in [3.05, 3.63) is 107 Å². The van der Waals surface area contributed by atoms with Gasteiger partial charge in [0.2, 0.25) is 0 Å². The number of amides is 1. The van der Waals surface area contributed by atoms with Crippen LogP contribution in [0.4, 0.5) is 5.69 Å². The van der Waals surface area contributed by atoms with E-state index in [1.165, 1.54) is 24.2 Å². The highest BCUT2D eigenvalue weighted by atomic mass is 16.5. The van der Waals surface area contributed by atoms with Crippen LogP contribution >= 0.6 is 0 Å². The SMILES string of the molecule is COc1cc(C2C(C(=O)/C=C/c3ccccc3)=C(O)C(=O)N2c2ccccc2C)ccc1O. The third kappa shape index (κ3) is 4.11. The summed E-state index contributed by atoms with van der Waals surface area (Å²) in [6, 6.07) is 20.2. The lowest BCUT2D eigenvalue weighted by Gasteiger charge is -2.28. The van der Waals surface area contributed by atoms with Gasteiger partial charge in [-0.25, -0.2) is 0 Å². The van der Waals surface area contributed by atoms with Gasteiger partial charge in [0.15, 0.2) is 23.0 Å². The second-order valence-corrected chi connectivity index (χ2v) is 7.67. The summed E-state index contributed by atoms with van der Waals surface area (Å²) in [5.41, 5.74) is 2.67. The van der Waals surface area contributed by atoms with Gasteiger partial charge < -0.3 is 14.9 Å². The van der Waals surface area contributed by atoms with Gasteiger partial charge in [0, 0.05) is 5.69 Å². The number of aliphatic hydroxyl groups is 1. The predicted molar refractivity (Wildman–Crippen MR) is 126 cm³/mol. The summed E-state index contributed by atoms with van der Waals surface area (Å²) in [7, 11) is 1.42. The average molecular weight is 441 g/mol. The van der Waals surface area contributed by atoms with Crippen molar-refractivity contribution in [3.8, 4) is 11.5 Å². The Balaban J connectivity index is 1.84. The lowest BCUT2D eigenvalue weighted by Crippen LogP contribution is -2.31. The maximum atomic E-state index is 13.3. The summed E-state index contributed by atoms with van der Waals surface area (Å²) in [5, 5.41) is 20.9. The third-order valence-electron chi connectivity index (χ3n) is 5.59. The minimum absolute atomic E-state index is 0.0387. The zero-order chi connectivity index (χ0) is 23.5. The quantitative estimate of drug-likeness (QED) is 0.532. The normalized spacial score (nSPS) is 16.0. The minimum Gasteiger partial charge on any atom is -0.504 e. The fourth-order valence-corrected chi connectivity index (χ4v) is 3.94. The van der Waals surface area contributed by atoms with Crippen molar-refractivity contribution >= 4 is 23.5 Å². The molecule has 0 aromatic heterocycles. The molecule has 0 spiro atoms. The number of anilines is 1. The molecule has 1 aliphatic rings. The highest BCUT2D eigenvalue weighted by Crippen LogP contribution is 2.43. The topological polar surface area (TPSA) is 87.1 Å². The summed E-state index contributed by atoms with van der Waals surface area (Å²) in [5.74, 6) is -1.63.